The molecule has 0 spiro atoms. The number of nitrogens with zero attached hydrogens (tertiary/aromatic N) is 3. The quantitative estimate of drug-likeness (QED) is 0.635. The predicted molar refractivity (Wildman–Crippen MR) is 108 cm³/mol. The van der Waals surface area contributed by atoms with E-state index < -0.39 is 0 Å². The van der Waals surface area contributed by atoms with Gasteiger partial charge in [-0.3, -0.25) is 0 Å². The van der Waals surface area contributed by atoms with Crippen molar-refractivity contribution in [3.05, 3.63) is 47.7 Å². The molecule has 0 aliphatic carbocycles. The van der Waals surface area contributed by atoms with Crippen LogP contribution in [-0.4, -0.2) is 36.5 Å². The molecule has 1 aromatic heterocycles. The lowest BCUT2D eigenvalue weighted by atomic mass is 10.1. The van der Waals surface area contributed by atoms with Gasteiger partial charge in [0.2, 0.25) is 11.7 Å². The van der Waals surface area contributed by atoms with Crippen LogP contribution in [0.2, 0.25) is 0 Å². The standard InChI is InChI=1S/C20H23N5O3/c1-12-7-6-8-13(2)18(12)24-20-23-17(11-21-25-20)22-14-9-15(26-3)19(28-5)16(10-14)27-4/h6-11H,1-5H3,(H2,22,23,24,25). The zero-order valence-corrected chi connectivity index (χ0v) is 16.5. The molecule has 0 saturated carbocycles. The minimum Gasteiger partial charge on any atom is -0.493 e. The number of anilines is 4. The van der Waals surface area contributed by atoms with Crippen molar-refractivity contribution >= 4 is 23.1 Å². The molecule has 1 heterocycles. The summed E-state index contributed by atoms with van der Waals surface area (Å²) in [5.74, 6) is 2.53. The molecular weight excluding hydrogens is 358 g/mol. The van der Waals surface area contributed by atoms with Gasteiger partial charge in [0.25, 0.3) is 0 Å². The van der Waals surface area contributed by atoms with Crippen molar-refractivity contribution in [2.24, 2.45) is 0 Å². The number of benzene rings is 2. The van der Waals surface area contributed by atoms with E-state index in [-0.39, 0.29) is 0 Å². The SMILES string of the molecule is COc1cc(Nc2cnnc(Nc3c(C)cccc3C)n2)cc(OC)c1OC. The summed E-state index contributed by atoms with van der Waals surface area (Å²) < 4.78 is 16.1. The summed E-state index contributed by atoms with van der Waals surface area (Å²) in [6, 6.07) is 9.66. The number of hydrogen-bond acceptors (Lipinski definition) is 8. The molecule has 2 N–H and O–H groups in total. The lowest BCUT2D eigenvalue weighted by molar-refractivity contribution is 0.324. The smallest absolute Gasteiger partial charge is 0.249 e. The van der Waals surface area contributed by atoms with E-state index in [0.717, 1.165) is 16.8 Å². The second-order valence-corrected chi connectivity index (χ2v) is 6.10. The molecule has 0 fully saturated rings. The van der Waals surface area contributed by atoms with Crippen molar-refractivity contribution in [3.63, 3.8) is 0 Å². The Balaban J connectivity index is 1.87. The summed E-state index contributed by atoms with van der Waals surface area (Å²) in [6.45, 7) is 4.06. The second kappa shape index (κ2) is 8.43. The highest BCUT2D eigenvalue weighted by Crippen LogP contribution is 2.40. The molecule has 0 bridgehead atoms. The van der Waals surface area contributed by atoms with Gasteiger partial charge in [0, 0.05) is 23.5 Å². The number of nitrogens with one attached hydrogen (secondary N) is 2. The summed E-state index contributed by atoms with van der Waals surface area (Å²) in [4.78, 5) is 4.49. The van der Waals surface area contributed by atoms with Crippen LogP contribution in [0.15, 0.2) is 36.5 Å². The third kappa shape index (κ3) is 4.06. The molecule has 2 aromatic carbocycles. The zero-order chi connectivity index (χ0) is 20.1. The summed E-state index contributed by atoms with van der Waals surface area (Å²) in [7, 11) is 4.70. The van der Waals surface area contributed by atoms with Crippen LogP contribution >= 0.6 is 0 Å². The first-order chi connectivity index (χ1) is 13.5. The van der Waals surface area contributed by atoms with Crippen LogP contribution in [0.4, 0.5) is 23.1 Å². The number of aromatic nitrogens is 3. The van der Waals surface area contributed by atoms with E-state index in [9.17, 15) is 0 Å². The van der Waals surface area contributed by atoms with Gasteiger partial charge < -0.3 is 24.8 Å². The minimum atomic E-state index is 0.398. The third-order valence-corrected chi connectivity index (χ3v) is 4.21. The fourth-order valence-corrected chi connectivity index (χ4v) is 2.84. The molecule has 0 amide bonds. The topological polar surface area (TPSA) is 90.4 Å². The maximum absolute atomic E-state index is 5.38. The summed E-state index contributed by atoms with van der Waals surface area (Å²) in [5, 5.41) is 14.5. The van der Waals surface area contributed by atoms with Gasteiger partial charge in [-0.25, -0.2) is 0 Å². The number of aryl methyl sites for hydroxylation is 2. The van der Waals surface area contributed by atoms with Crippen molar-refractivity contribution in [2.45, 2.75) is 13.8 Å². The predicted octanol–water partition coefficient (Wildman–Crippen LogP) is 4.00. The van der Waals surface area contributed by atoms with E-state index >= 15 is 0 Å². The molecule has 0 aliphatic heterocycles. The highest BCUT2D eigenvalue weighted by Gasteiger charge is 2.14. The van der Waals surface area contributed by atoms with Crippen LogP contribution in [0.25, 0.3) is 0 Å². The minimum absolute atomic E-state index is 0.398. The van der Waals surface area contributed by atoms with Crippen LogP contribution in [0, 0.1) is 13.8 Å². The second-order valence-electron chi connectivity index (χ2n) is 6.10. The summed E-state index contributed by atoms with van der Waals surface area (Å²) >= 11 is 0. The Bertz CT molecular complexity index is 933. The molecule has 146 valence electrons. The van der Waals surface area contributed by atoms with Gasteiger partial charge in [-0.2, -0.15) is 10.1 Å². The van der Waals surface area contributed by atoms with Crippen LogP contribution in [-0.2, 0) is 0 Å². The molecule has 28 heavy (non-hydrogen) atoms. The van der Waals surface area contributed by atoms with E-state index in [4.69, 9.17) is 14.2 Å². The van der Waals surface area contributed by atoms with E-state index in [1.165, 1.54) is 0 Å². The van der Waals surface area contributed by atoms with Crippen LogP contribution in [0.3, 0.4) is 0 Å². The van der Waals surface area contributed by atoms with Gasteiger partial charge in [-0.1, -0.05) is 18.2 Å². The van der Waals surface area contributed by atoms with Crippen LogP contribution in [0.1, 0.15) is 11.1 Å². The monoisotopic (exact) mass is 381 g/mol. The Hall–Kier alpha value is -3.55. The molecule has 8 heteroatoms. The third-order valence-electron chi connectivity index (χ3n) is 4.21. The Labute approximate surface area is 163 Å². The number of rotatable bonds is 7. The summed E-state index contributed by atoms with van der Waals surface area (Å²) in [6.07, 6.45) is 1.54. The fraction of sp³-hybridized carbons (Fsp3) is 0.250. The van der Waals surface area contributed by atoms with Crippen molar-refractivity contribution in [1.29, 1.82) is 0 Å². The van der Waals surface area contributed by atoms with E-state index in [0.29, 0.717) is 34.7 Å². The Kier molecular flexibility index (Phi) is 5.78. The molecule has 0 unspecified atom stereocenters. The molecule has 0 radical (unpaired) electrons. The molecule has 8 nitrogen and oxygen atoms in total. The van der Waals surface area contributed by atoms with E-state index in [1.54, 1.807) is 39.7 Å². The lowest BCUT2D eigenvalue weighted by Crippen LogP contribution is -2.04. The van der Waals surface area contributed by atoms with Gasteiger partial charge in [0.1, 0.15) is 0 Å². The first-order valence-corrected chi connectivity index (χ1v) is 8.65. The van der Waals surface area contributed by atoms with Crippen molar-refractivity contribution in [3.8, 4) is 17.2 Å². The fourth-order valence-electron chi connectivity index (χ4n) is 2.84. The Morgan fingerprint density at radius 2 is 1.50 bits per heavy atom. The normalized spacial score (nSPS) is 10.3. The number of methoxy groups -OCH3 is 3. The number of para-hydroxylation sites is 1. The average Bonchev–Trinajstić information content (AvgIpc) is 2.70. The van der Waals surface area contributed by atoms with Gasteiger partial charge >= 0.3 is 0 Å². The largest absolute Gasteiger partial charge is 0.493 e. The lowest BCUT2D eigenvalue weighted by Gasteiger charge is -2.15. The van der Waals surface area contributed by atoms with Gasteiger partial charge in [0.15, 0.2) is 17.3 Å². The van der Waals surface area contributed by atoms with Crippen LogP contribution < -0.4 is 24.8 Å². The number of hydrogen-bond donors (Lipinski definition) is 2. The van der Waals surface area contributed by atoms with E-state index in [2.05, 4.69) is 25.8 Å². The number of ether oxygens (including phenoxy) is 3. The molecule has 3 aromatic rings. The van der Waals surface area contributed by atoms with Crippen molar-refractivity contribution in [2.75, 3.05) is 32.0 Å². The molecule has 0 saturated heterocycles. The highest BCUT2D eigenvalue weighted by molar-refractivity contribution is 5.67. The molecule has 0 aliphatic rings. The van der Waals surface area contributed by atoms with Crippen LogP contribution in [0.5, 0.6) is 17.2 Å². The zero-order valence-electron chi connectivity index (χ0n) is 16.5. The van der Waals surface area contributed by atoms with Gasteiger partial charge in [-0.15, -0.1) is 5.10 Å². The highest BCUT2D eigenvalue weighted by atomic mass is 16.5. The van der Waals surface area contributed by atoms with Gasteiger partial charge in [0.05, 0.1) is 27.5 Å². The molecule has 0 atom stereocenters. The summed E-state index contributed by atoms with van der Waals surface area (Å²) in [5.41, 5.74) is 3.89. The van der Waals surface area contributed by atoms with E-state index in [1.807, 2.05) is 32.0 Å². The molecular formula is C20H23N5O3. The first kappa shape index (κ1) is 19.2. The Morgan fingerprint density at radius 3 is 2.07 bits per heavy atom. The average molecular weight is 381 g/mol. The maximum atomic E-state index is 5.38. The van der Waals surface area contributed by atoms with Gasteiger partial charge in [-0.05, 0) is 25.0 Å². The Morgan fingerprint density at radius 1 is 0.857 bits per heavy atom. The van der Waals surface area contributed by atoms with Crippen molar-refractivity contribution < 1.29 is 14.2 Å². The first-order valence-electron chi connectivity index (χ1n) is 8.65. The van der Waals surface area contributed by atoms with Crippen molar-refractivity contribution in [1.82, 2.24) is 15.2 Å². The molecule has 3 rings (SSSR count). The maximum Gasteiger partial charge on any atom is 0.249 e.